The maximum Gasteiger partial charge on any atom is 0.306 e. The number of fused-ring (bicyclic) bond motifs is 6. The molecule has 4 atom stereocenters. The molecule has 0 saturated heterocycles. The van der Waals surface area contributed by atoms with Gasteiger partial charge in [0.2, 0.25) is 0 Å². The Kier molecular flexibility index (Phi) is 3.69. The first-order valence-corrected chi connectivity index (χ1v) is 10.6. The Labute approximate surface area is 162 Å². The smallest absolute Gasteiger partial charge is 0.227 e. The summed E-state index contributed by atoms with van der Waals surface area (Å²) in [5.74, 6) is 2.39. The number of allylic oxidation sites excluding steroid dienone is 4. The minimum Gasteiger partial charge on any atom is -0.227 e. The van der Waals surface area contributed by atoms with Crippen molar-refractivity contribution >= 4 is 5.57 Å². The summed E-state index contributed by atoms with van der Waals surface area (Å²) in [6, 6.07) is 13.0. The maximum absolute atomic E-state index is 4.93. The van der Waals surface area contributed by atoms with Gasteiger partial charge in [-0.25, -0.2) is 4.57 Å². The van der Waals surface area contributed by atoms with Crippen LogP contribution in [0.15, 0.2) is 66.5 Å². The highest BCUT2D eigenvalue weighted by molar-refractivity contribution is 5.71. The summed E-state index contributed by atoms with van der Waals surface area (Å²) in [5, 5.41) is 0. The van der Waals surface area contributed by atoms with Gasteiger partial charge in [-0.1, -0.05) is 68.2 Å². The molecule has 2 aliphatic carbocycles. The van der Waals surface area contributed by atoms with Crippen LogP contribution in [0.4, 0.5) is 0 Å². The van der Waals surface area contributed by atoms with Gasteiger partial charge in [0.25, 0.3) is 0 Å². The zero-order chi connectivity index (χ0) is 18.6. The lowest BCUT2D eigenvalue weighted by atomic mass is 9.70. The number of rotatable bonds is 4. The minimum absolute atomic E-state index is 0.223. The Hall–Kier alpha value is -2.22. The number of hydrogen-bond acceptors (Lipinski definition) is 1. The van der Waals surface area contributed by atoms with Crippen LogP contribution in [0.5, 0.6) is 0 Å². The van der Waals surface area contributed by atoms with Gasteiger partial charge >= 0.3 is 5.82 Å². The van der Waals surface area contributed by atoms with E-state index in [0.717, 1.165) is 12.3 Å². The van der Waals surface area contributed by atoms with Crippen molar-refractivity contribution in [1.29, 1.82) is 0 Å². The largest absolute Gasteiger partial charge is 0.306 e. The van der Waals surface area contributed by atoms with E-state index in [4.69, 9.17) is 4.98 Å². The lowest BCUT2D eigenvalue weighted by Crippen LogP contribution is -2.58. The zero-order valence-electron chi connectivity index (χ0n) is 16.7. The van der Waals surface area contributed by atoms with Crippen molar-refractivity contribution in [3.8, 4) is 0 Å². The molecule has 1 aromatic carbocycles. The fourth-order valence-corrected chi connectivity index (χ4v) is 6.92. The van der Waals surface area contributed by atoms with Crippen molar-refractivity contribution in [3.05, 3.63) is 77.9 Å². The van der Waals surface area contributed by atoms with Crippen molar-refractivity contribution in [3.63, 3.8) is 0 Å². The van der Waals surface area contributed by atoms with E-state index in [-0.39, 0.29) is 5.54 Å². The van der Waals surface area contributed by atoms with E-state index in [9.17, 15) is 0 Å². The molecule has 4 unspecified atom stereocenters. The van der Waals surface area contributed by atoms with Gasteiger partial charge in [-0.15, -0.1) is 0 Å². The molecule has 1 fully saturated rings. The van der Waals surface area contributed by atoms with Crippen molar-refractivity contribution < 1.29 is 4.57 Å². The van der Waals surface area contributed by atoms with Crippen LogP contribution in [-0.2, 0) is 5.54 Å². The van der Waals surface area contributed by atoms with Crippen molar-refractivity contribution in [2.75, 3.05) is 0 Å². The first-order chi connectivity index (χ1) is 13.2. The number of aromatic nitrogens is 2. The molecule has 1 saturated carbocycles. The van der Waals surface area contributed by atoms with Gasteiger partial charge in [-0.05, 0) is 42.4 Å². The first-order valence-electron chi connectivity index (χ1n) is 10.6. The average Bonchev–Trinajstić information content (AvgIpc) is 3.38. The van der Waals surface area contributed by atoms with Crippen LogP contribution in [0.3, 0.4) is 0 Å². The van der Waals surface area contributed by atoms with E-state index >= 15 is 0 Å². The molecule has 2 heterocycles. The second-order valence-corrected chi connectivity index (χ2v) is 8.35. The van der Waals surface area contributed by atoms with Gasteiger partial charge in [0.15, 0.2) is 0 Å². The van der Waals surface area contributed by atoms with Crippen LogP contribution in [-0.4, -0.2) is 4.98 Å². The van der Waals surface area contributed by atoms with Gasteiger partial charge in [-0.2, -0.15) is 0 Å². The Bertz CT molecular complexity index is 942. The Morgan fingerprint density at radius 1 is 1.04 bits per heavy atom. The SMILES string of the molecule is CCC1C2(CC)C3=CC=C(c4ccccc4)CC3c3nccc[n+]3C12CC. The second-order valence-electron chi connectivity index (χ2n) is 8.35. The molecule has 2 aromatic rings. The summed E-state index contributed by atoms with van der Waals surface area (Å²) in [4.78, 5) is 4.93. The summed E-state index contributed by atoms with van der Waals surface area (Å²) < 4.78 is 2.58. The van der Waals surface area contributed by atoms with Crippen molar-refractivity contribution in [2.45, 2.75) is 57.9 Å². The summed E-state index contributed by atoms with van der Waals surface area (Å²) >= 11 is 0. The van der Waals surface area contributed by atoms with Crippen LogP contribution in [0.25, 0.3) is 5.57 Å². The lowest BCUT2D eigenvalue weighted by molar-refractivity contribution is -0.762. The predicted molar refractivity (Wildman–Crippen MR) is 109 cm³/mol. The number of benzene rings is 1. The van der Waals surface area contributed by atoms with Gasteiger partial charge in [0.05, 0.1) is 12.1 Å². The molecular weight excluding hydrogens is 328 g/mol. The minimum atomic E-state index is 0.223. The van der Waals surface area contributed by atoms with Crippen LogP contribution in [0, 0.1) is 11.3 Å². The summed E-state index contributed by atoms with van der Waals surface area (Å²) in [6.07, 6.45) is 13.9. The number of hydrogen-bond donors (Lipinski definition) is 0. The van der Waals surface area contributed by atoms with E-state index in [2.05, 4.69) is 80.1 Å². The van der Waals surface area contributed by atoms with Gasteiger partial charge < -0.3 is 0 Å². The predicted octanol–water partition coefficient (Wildman–Crippen LogP) is 5.42. The molecule has 138 valence electrons. The molecule has 1 aromatic heterocycles. The quantitative estimate of drug-likeness (QED) is 0.668. The van der Waals surface area contributed by atoms with Gasteiger partial charge in [0, 0.05) is 17.4 Å². The fourth-order valence-electron chi connectivity index (χ4n) is 6.92. The summed E-state index contributed by atoms with van der Waals surface area (Å²) in [7, 11) is 0. The molecule has 5 rings (SSSR count). The van der Waals surface area contributed by atoms with Crippen LogP contribution < -0.4 is 4.57 Å². The topological polar surface area (TPSA) is 16.8 Å². The fraction of sp³-hybridized carbons (Fsp3) is 0.440. The second kappa shape index (κ2) is 5.89. The van der Waals surface area contributed by atoms with E-state index in [1.165, 1.54) is 36.2 Å². The molecule has 27 heavy (non-hydrogen) atoms. The number of nitrogens with zero attached hydrogens (tertiary/aromatic N) is 2. The highest BCUT2D eigenvalue weighted by Gasteiger charge is 2.82. The van der Waals surface area contributed by atoms with Crippen LogP contribution >= 0.6 is 0 Å². The van der Waals surface area contributed by atoms with Crippen molar-refractivity contribution in [1.82, 2.24) is 4.98 Å². The Balaban J connectivity index is 1.72. The van der Waals surface area contributed by atoms with Crippen molar-refractivity contribution in [2.24, 2.45) is 11.3 Å². The van der Waals surface area contributed by atoms with Gasteiger partial charge in [-0.3, -0.25) is 0 Å². The highest BCUT2D eigenvalue weighted by Crippen LogP contribution is 2.77. The first kappa shape index (κ1) is 16.9. The molecule has 0 spiro atoms. The zero-order valence-corrected chi connectivity index (χ0v) is 16.7. The van der Waals surface area contributed by atoms with Crippen LogP contribution in [0.2, 0.25) is 0 Å². The summed E-state index contributed by atoms with van der Waals surface area (Å²) in [5.41, 5.74) is 4.96. The molecule has 1 aliphatic heterocycles. The van der Waals surface area contributed by atoms with E-state index in [1.54, 1.807) is 5.57 Å². The molecule has 0 bridgehead atoms. The lowest BCUT2D eigenvalue weighted by Gasteiger charge is -2.36. The molecule has 0 N–H and O–H groups in total. The molecule has 0 amide bonds. The Morgan fingerprint density at radius 3 is 2.56 bits per heavy atom. The van der Waals surface area contributed by atoms with E-state index in [0.29, 0.717) is 11.3 Å². The summed E-state index contributed by atoms with van der Waals surface area (Å²) in [6.45, 7) is 7.15. The van der Waals surface area contributed by atoms with Crippen LogP contribution in [0.1, 0.15) is 63.8 Å². The standard InChI is InChI=1S/C25H29N2/c1-4-22-24(5-2)21-14-13-19(18-11-8-7-9-12-18)17-20(21)23-26-15-10-16-27(23)25(22,24)6-3/h7-16,20,22H,4-6,17H2,1-3H3/q+1. The van der Waals surface area contributed by atoms with E-state index in [1.807, 2.05) is 6.20 Å². The van der Waals surface area contributed by atoms with Gasteiger partial charge in [0.1, 0.15) is 11.7 Å². The molecule has 2 heteroatoms. The maximum atomic E-state index is 4.93. The Morgan fingerprint density at radius 2 is 1.85 bits per heavy atom. The normalized spacial score (nSPS) is 33.3. The third-order valence-electron chi connectivity index (χ3n) is 7.81. The van der Waals surface area contributed by atoms with E-state index < -0.39 is 0 Å². The third kappa shape index (κ3) is 1.91. The molecule has 2 nitrogen and oxygen atoms in total. The monoisotopic (exact) mass is 357 g/mol. The molecular formula is C25H29N2+. The third-order valence-corrected chi connectivity index (χ3v) is 7.81. The molecule has 0 radical (unpaired) electrons. The average molecular weight is 358 g/mol. The molecule has 3 aliphatic rings. The highest BCUT2D eigenvalue weighted by atomic mass is 15.2.